The molecule has 0 atom stereocenters. The fourth-order valence-electron chi connectivity index (χ4n) is 5.70. The molecule has 0 aromatic carbocycles. The van der Waals surface area contributed by atoms with Crippen LogP contribution in [0.2, 0.25) is 0 Å². The molecule has 0 aliphatic rings. The molecule has 0 heterocycles. The van der Waals surface area contributed by atoms with E-state index in [9.17, 15) is 19.5 Å². The number of hydrogen-bond acceptors (Lipinski definition) is 4. The van der Waals surface area contributed by atoms with Crippen LogP contribution < -0.4 is 5.11 Å². The summed E-state index contributed by atoms with van der Waals surface area (Å²) in [5.41, 5.74) is 0. The second-order valence-corrected chi connectivity index (χ2v) is 12.1. The van der Waals surface area contributed by atoms with Crippen LogP contribution in [0.15, 0.2) is 12.2 Å². The zero-order chi connectivity index (χ0) is 30.4. The molecule has 2 N–H and O–H groups in total. The fourth-order valence-corrected chi connectivity index (χ4v) is 5.70. The van der Waals surface area contributed by atoms with Crippen molar-refractivity contribution >= 4 is 17.9 Å². The number of carbonyl (C=O) groups excluding carboxylic acids is 1. The Morgan fingerprint density at radius 2 is 0.902 bits per heavy atom. The lowest BCUT2D eigenvalue weighted by Gasteiger charge is -2.39. The van der Waals surface area contributed by atoms with Crippen LogP contribution in [0.1, 0.15) is 161 Å². The van der Waals surface area contributed by atoms with Gasteiger partial charge in [-0.05, 0) is 57.8 Å². The molecule has 0 unspecified atom stereocenters. The average molecular weight is 582 g/mol. The van der Waals surface area contributed by atoms with Crippen LogP contribution in [-0.4, -0.2) is 58.8 Å². The summed E-state index contributed by atoms with van der Waals surface area (Å²) in [6.07, 6.45) is 28.8. The van der Waals surface area contributed by atoms with E-state index in [-0.39, 0.29) is 19.3 Å². The van der Waals surface area contributed by atoms with E-state index in [0.717, 1.165) is 62.8 Å². The lowest BCUT2D eigenvalue weighted by molar-refractivity contribution is -0.928. The second-order valence-electron chi connectivity index (χ2n) is 12.1. The summed E-state index contributed by atoms with van der Waals surface area (Å²) in [5.74, 6) is -2.59. The molecule has 0 saturated carbocycles. The maximum absolute atomic E-state index is 11.0. The first-order valence-electron chi connectivity index (χ1n) is 16.9. The van der Waals surface area contributed by atoms with Crippen molar-refractivity contribution in [3.8, 4) is 0 Å². The third-order valence-corrected chi connectivity index (χ3v) is 8.22. The number of nitrogens with zero attached hydrogens (tertiary/aromatic N) is 1. The minimum absolute atomic E-state index is 0.0526. The molecule has 0 spiro atoms. The van der Waals surface area contributed by atoms with Gasteiger partial charge in [-0.25, -0.2) is 0 Å². The van der Waals surface area contributed by atoms with Gasteiger partial charge in [-0.3, -0.25) is 9.59 Å². The zero-order valence-corrected chi connectivity index (χ0v) is 26.4. The molecule has 0 rings (SSSR count). The SMILES string of the molecule is CCCCCCCCCCCCCCC/C=C/CC[N+](CCCCC(=O)[O-])(CCCCC(=O)O)CCCCC(=O)O. The first-order valence-corrected chi connectivity index (χ1v) is 16.9. The third kappa shape index (κ3) is 28.0. The van der Waals surface area contributed by atoms with Crippen LogP contribution in [0.4, 0.5) is 0 Å². The number of rotatable bonds is 32. The Labute approximate surface area is 251 Å². The number of carboxylic acid groups (broad SMARTS) is 3. The molecule has 0 saturated heterocycles. The molecule has 0 aromatic heterocycles. The topological polar surface area (TPSA) is 115 Å². The lowest BCUT2D eigenvalue weighted by atomic mass is 10.0. The predicted molar refractivity (Wildman–Crippen MR) is 166 cm³/mol. The molecule has 0 aliphatic carbocycles. The van der Waals surface area contributed by atoms with Gasteiger partial charge in [-0.15, -0.1) is 0 Å². The quantitative estimate of drug-likeness (QED) is 0.0479. The van der Waals surface area contributed by atoms with E-state index in [2.05, 4.69) is 19.1 Å². The summed E-state index contributed by atoms with van der Waals surface area (Å²) >= 11 is 0. The fraction of sp³-hybridized carbons (Fsp3) is 0.853. The number of carboxylic acids is 3. The summed E-state index contributed by atoms with van der Waals surface area (Å²) in [7, 11) is 0. The minimum Gasteiger partial charge on any atom is -0.550 e. The Bertz CT molecular complexity index is 623. The van der Waals surface area contributed by atoms with E-state index < -0.39 is 17.9 Å². The molecule has 0 radical (unpaired) electrons. The van der Waals surface area contributed by atoms with Crippen LogP contribution in [0, 0.1) is 0 Å². The van der Waals surface area contributed by atoms with Crippen molar-refractivity contribution in [1.29, 1.82) is 0 Å². The standard InChI is InChI=1S/C34H63NO6/c1-2-3-4-5-6-7-8-9-10-11-12-13-14-15-16-17-21-28-35(29-22-18-25-32(36)37,30-23-19-26-33(38)39)31-24-20-27-34(40)41/h16-17H,2-15,18-31H2,1H3,(H2-,36,37,38,39,40,41)/b17-16+. The molecule has 0 amide bonds. The van der Waals surface area contributed by atoms with Crippen molar-refractivity contribution in [2.24, 2.45) is 0 Å². The Hall–Kier alpha value is -1.89. The lowest BCUT2D eigenvalue weighted by Crippen LogP contribution is -2.50. The molecular weight excluding hydrogens is 518 g/mol. The highest BCUT2D eigenvalue weighted by Gasteiger charge is 2.25. The number of carbonyl (C=O) groups is 3. The van der Waals surface area contributed by atoms with Crippen molar-refractivity contribution in [1.82, 2.24) is 0 Å². The van der Waals surface area contributed by atoms with Crippen LogP contribution >= 0.6 is 0 Å². The van der Waals surface area contributed by atoms with Gasteiger partial charge in [0.2, 0.25) is 0 Å². The summed E-state index contributed by atoms with van der Waals surface area (Å²) < 4.78 is 0.801. The molecule has 0 aliphatic heterocycles. The number of unbranched alkanes of at least 4 members (excludes halogenated alkanes) is 16. The van der Waals surface area contributed by atoms with Crippen molar-refractivity contribution in [3.05, 3.63) is 12.2 Å². The van der Waals surface area contributed by atoms with Gasteiger partial charge in [0.25, 0.3) is 0 Å². The van der Waals surface area contributed by atoms with Gasteiger partial charge < -0.3 is 24.6 Å². The first kappa shape index (κ1) is 39.1. The van der Waals surface area contributed by atoms with E-state index in [1.165, 1.54) is 83.5 Å². The highest BCUT2D eigenvalue weighted by Crippen LogP contribution is 2.18. The van der Waals surface area contributed by atoms with Gasteiger partial charge in [0.15, 0.2) is 0 Å². The van der Waals surface area contributed by atoms with Crippen LogP contribution in [0.25, 0.3) is 0 Å². The minimum atomic E-state index is -1.03. The molecule has 0 fully saturated rings. The van der Waals surface area contributed by atoms with Crippen LogP contribution in [0.5, 0.6) is 0 Å². The smallest absolute Gasteiger partial charge is 0.303 e. The van der Waals surface area contributed by atoms with Gasteiger partial charge in [-0.1, -0.05) is 96.1 Å². The molecule has 7 heteroatoms. The van der Waals surface area contributed by atoms with Crippen molar-refractivity contribution in [2.45, 2.75) is 161 Å². The first-order chi connectivity index (χ1) is 19.8. The highest BCUT2D eigenvalue weighted by atomic mass is 16.4. The Balaban J connectivity index is 4.46. The summed E-state index contributed by atoms with van der Waals surface area (Å²) in [6.45, 7) is 5.71. The Morgan fingerprint density at radius 1 is 0.512 bits per heavy atom. The summed E-state index contributed by atoms with van der Waals surface area (Å²) in [5, 5.41) is 28.9. The maximum atomic E-state index is 11.0. The number of quaternary nitrogens is 1. The maximum Gasteiger partial charge on any atom is 0.303 e. The Morgan fingerprint density at radius 3 is 1.32 bits per heavy atom. The normalized spacial score (nSPS) is 11.8. The van der Waals surface area contributed by atoms with Gasteiger partial charge in [-0.2, -0.15) is 0 Å². The molecule has 41 heavy (non-hydrogen) atoms. The second kappa shape index (κ2) is 28.2. The monoisotopic (exact) mass is 581 g/mol. The van der Waals surface area contributed by atoms with Crippen molar-refractivity contribution in [2.75, 3.05) is 26.2 Å². The van der Waals surface area contributed by atoms with E-state index in [4.69, 9.17) is 10.2 Å². The largest absolute Gasteiger partial charge is 0.550 e. The van der Waals surface area contributed by atoms with Crippen molar-refractivity contribution < 1.29 is 34.2 Å². The highest BCUT2D eigenvalue weighted by molar-refractivity contribution is 5.66. The molecule has 0 aromatic rings. The van der Waals surface area contributed by atoms with Crippen LogP contribution in [-0.2, 0) is 14.4 Å². The van der Waals surface area contributed by atoms with E-state index in [0.29, 0.717) is 19.3 Å². The van der Waals surface area contributed by atoms with E-state index >= 15 is 0 Å². The number of allylic oxidation sites excluding steroid dienone is 1. The third-order valence-electron chi connectivity index (χ3n) is 8.22. The predicted octanol–water partition coefficient (Wildman–Crippen LogP) is 7.66. The van der Waals surface area contributed by atoms with Gasteiger partial charge in [0.1, 0.15) is 0 Å². The van der Waals surface area contributed by atoms with Crippen LogP contribution in [0.3, 0.4) is 0 Å². The zero-order valence-electron chi connectivity index (χ0n) is 26.4. The average Bonchev–Trinajstić information content (AvgIpc) is 2.93. The van der Waals surface area contributed by atoms with Crippen molar-refractivity contribution in [3.63, 3.8) is 0 Å². The summed E-state index contributed by atoms with van der Waals surface area (Å²) in [6, 6.07) is 0. The van der Waals surface area contributed by atoms with E-state index in [1.54, 1.807) is 0 Å². The Kier molecular flexibility index (Phi) is 26.9. The molecule has 240 valence electrons. The van der Waals surface area contributed by atoms with Gasteiger partial charge >= 0.3 is 11.9 Å². The van der Waals surface area contributed by atoms with E-state index in [1.807, 2.05) is 0 Å². The number of hydrogen-bond donors (Lipinski definition) is 2. The number of aliphatic carboxylic acids is 3. The van der Waals surface area contributed by atoms with Gasteiger partial charge in [0, 0.05) is 25.2 Å². The molecular formula is C34H63NO6. The molecule has 0 bridgehead atoms. The summed E-state index contributed by atoms with van der Waals surface area (Å²) in [4.78, 5) is 32.9. The van der Waals surface area contributed by atoms with Gasteiger partial charge in [0.05, 0.1) is 26.2 Å². The molecule has 7 nitrogen and oxygen atoms in total.